The smallest absolute Gasteiger partial charge is 0.328 e. The second-order valence-corrected chi connectivity index (χ2v) is 7.74. The number of rotatable bonds is 12. The fourth-order valence-corrected chi connectivity index (χ4v) is 3.22. The molecule has 2 aromatic rings. The summed E-state index contributed by atoms with van der Waals surface area (Å²) < 4.78 is 0. The number of aromatic nitrogens is 1. The van der Waals surface area contributed by atoms with Crippen LogP contribution in [0.4, 0.5) is 0 Å². The van der Waals surface area contributed by atoms with Crippen molar-refractivity contribution in [3.8, 4) is 0 Å². The van der Waals surface area contributed by atoms with E-state index in [0.29, 0.717) is 0 Å². The molecule has 0 radical (unpaired) electrons. The highest BCUT2D eigenvalue weighted by Crippen LogP contribution is 2.18. The topological polar surface area (TPSA) is 230 Å². The van der Waals surface area contributed by atoms with Crippen LogP contribution in [0.1, 0.15) is 18.9 Å². The molecule has 10 N–H and O–H groups in total. The molecule has 34 heavy (non-hydrogen) atoms. The van der Waals surface area contributed by atoms with Crippen LogP contribution < -0.4 is 27.4 Å². The van der Waals surface area contributed by atoms with Crippen LogP contribution >= 0.6 is 0 Å². The maximum absolute atomic E-state index is 12.6. The molecular weight excluding hydrogens is 448 g/mol. The minimum absolute atomic E-state index is 0.152. The summed E-state index contributed by atoms with van der Waals surface area (Å²) in [5, 5.41) is 25.9. The number of carbonyl (C=O) groups is 5. The maximum Gasteiger partial charge on any atom is 0.328 e. The molecular formula is C21H28N6O7. The van der Waals surface area contributed by atoms with Gasteiger partial charge in [0, 0.05) is 17.1 Å². The van der Waals surface area contributed by atoms with Crippen molar-refractivity contribution in [3.63, 3.8) is 0 Å². The van der Waals surface area contributed by atoms with Gasteiger partial charge in [0.2, 0.25) is 23.6 Å². The van der Waals surface area contributed by atoms with Crippen molar-refractivity contribution in [2.45, 2.75) is 44.0 Å². The molecule has 4 amide bonds. The Bertz CT molecular complexity index is 1070. The molecule has 13 nitrogen and oxygen atoms in total. The van der Waals surface area contributed by atoms with Crippen molar-refractivity contribution < 1.29 is 34.2 Å². The number of aromatic amines is 1. The van der Waals surface area contributed by atoms with E-state index < -0.39 is 66.8 Å². The van der Waals surface area contributed by atoms with Crippen molar-refractivity contribution in [1.29, 1.82) is 0 Å². The van der Waals surface area contributed by atoms with E-state index in [1.54, 1.807) is 6.20 Å². The van der Waals surface area contributed by atoms with Gasteiger partial charge >= 0.3 is 5.97 Å². The number of hydrogen-bond donors (Lipinski definition) is 8. The molecule has 0 aliphatic heterocycles. The average molecular weight is 476 g/mol. The third kappa shape index (κ3) is 7.28. The minimum Gasteiger partial charge on any atom is -0.480 e. The van der Waals surface area contributed by atoms with E-state index in [0.717, 1.165) is 16.5 Å². The fraction of sp³-hybridized carbons (Fsp3) is 0.381. The number of aliphatic carboxylic acids is 1. The number of fused-ring (bicyclic) bond motifs is 1. The highest BCUT2D eigenvalue weighted by atomic mass is 16.4. The lowest BCUT2D eigenvalue weighted by Crippen LogP contribution is -2.55. The Morgan fingerprint density at radius 1 is 1.09 bits per heavy atom. The van der Waals surface area contributed by atoms with Crippen molar-refractivity contribution >= 4 is 40.5 Å². The number of nitrogens with two attached hydrogens (primary N) is 2. The Hall–Kier alpha value is -3.97. The van der Waals surface area contributed by atoms with Crippen LogP contribution in [-0.2, 0) is 30.4 Å². The van der Waals surface area contributed by atoms with Gasteiger partial charge in [-0.2, -0.15) is 0 Å². The van der Waals surface area contributed by atoms with Crippen LogP contribution in [0.25, 0.3) is 10.9 Å². The van der Waals surface area contributed by atoms with Gasteiger partial charge in [-0.15, -0.1) is 0 Å². The quantitative estimate of drug-likeness (QED) is 0.162. The number of para-hydroxylation sites is 1. The number of carboxylic acid groups (broad SMARTS) is 1. The lowest BCUT2D eigenvalue weighted by atomic mass is 10.0. The minimum atomic E-state index is -1.58. The van der Waals surface area contributed by atoms with Crippen LogP contribution in [0, 0.1) is 0 Å². The van der Waals surface area contributed by atoms with Crippen LogP contribution in [0.5, 0.6) is 0 Å². The number of H-pyrrole nitrogens is 1. The van der Waals surface area contributed by atoms with Gasteiger partial charge in [-0.1, -0.05) is 18.2 Å². The standard InChI is InChI=1S/C21H28N6O7/c1-10(28)18(21(33)34)27-17(30)9-25-20(32)15(7-16(23)29)26-19(31)13(22)6-11-8-24-14-5-3-2-4-12(11)14/h2-5,8,10,13,15,18,24,28H,6-7,9,22H2,1H3,(H2,23,29)(H,25,32)(H,26,31)(H,27,30)(H,33,34). The van der Waals surface area contributed by atoms with E-state index in [4.69, 9.17) is 16.6 Å². The SMILES string of the molecule is CC(O)C(NC(=O)CNC(=O)C(CC(N)=O)NC(=O)C(N)Cc1c[nH]c2ccccc12)C(=O)O. The molecule has 0 fully saturated rings. The number of carbonyl (C=O) groups excluding carboxylic acids is 4. The van der Waals surface area contributed by atoms with E-state index in [1.165, 1.54) is 6.92 Å². The second kappa shape index (κ2) is 11.8. The molecule has 13 heteroatoms. The lowest BCUT2D eigenvalue weighted by molar-refractivity contribution is -0.144. The van der Waals surface area contributed by atoms with Crippen molar-refractivity contribution in [2.24, 2.45) is 11.5 Å². The molecule has 1 aromatic carbocycles. The summed E-state index contributed by atoms with van der Waals surface area (Å²) in [6.45, 7) is 0.511. The number of aliphatic hydroxyl groups is 1. The molecule has 0 aliphatic carbocycles. The van der Waals surface area contributed by atoms with Crippen molar-refractivity contribution in [2.75, 3.05) is 6.54 Å². The van der Waals surface area contributed by atoms with Gasteiger partial charge in [0.1, 0.15) is 6.04 Å². The van der Waals surface area contributed by atoms with Gasteiger partial charge in [-0.05, 0) is 25.0 Å². The fourth-order valence-electron chi connectivity index (χ4n) is 3.22. The molecule has 0 saturated carbocycles. The first-order valence-corrected chi connectivity index (χ1v) is 10.4. The van der Waals surface area contributed by atoms with Gasteiger partial charge in [0.25, 0.3) is 0 Å². The Balaban J connectivity index is 1.97. The summed E-state index contributed by atoms with van der Waals surface area (Å²) in [4.78, 5) is 62.5. The zero-order valence-corrected chi connectivity index (χ0v) is 18.4. The molecule has 1 heterocycles. The largest absolute Gasteiger partial charge is 0.480 e. The molecule has 0 spiro atoms. The summed E-state index contributed by atoms with van der Waals surface area (Å²) in [6.07, 6.45) is -0.0526. The lowest BCUT2D eigenvalue weighted by Gasteiger charge is -2.20. The third-order valence-electron chi connectivity index (χ3n) is 4.98. The van der Waals surface area contributed by atoms with Crippen LogP contribution in [-0.4, -0.2) is 75.6 Å². The van der Waals surface area contributed by atoms with Crippen LogP contribution in [0.15, 0.2) is 30.5 Å². The molecule has 0 bridgehead atoms. The van der Waals surface area contributed by atoms with E-state index >= 15 is 0 Å². The van der Waals surface area contributed by atoms with Gasteiger partial charge in [-0.25, -0.2) is 4.79 Å². The molecule has 0 saturated heterocycles. The summed E-state index contributed by atoms with van der Waals surface area (Å²) in [6, 6.07) is 3.41. The first kappa shape index (κ1) is 26.3. The molecule has 1 aromatic heterocycles. The number of carboxylic acids is 1. The van der Waals surface area contributed by atoms with E-state index in [-0.39, 0.29) is 6.42 Å². The van der Waals surface area contributed by atoms with Gasteiger partial charge < -0.3 is 42.6 Å². The van der Waals surface area contributed by atoms with Crippen LogP contribution in [0.3, 0.4) is 0 Å². The Morgan fingerprint density at radius 3 is 2.38 bits per heavy atom. The monoisotopic (exact) mass is 476 g/mol. The number of primary amides is 1. The summed E-state index contributed by atoms with van der Waals surface area (Å²) in [7, 11) is 0. The predicted octanol–water partition coefficient (Wildman–Crippen LogP) is -2.54. The van der Waals surface area contributed by atoms with Crippen LogP contribution in [0.2, 0.25) is 0 Å². The molecule has 4 unspecified atom stereocenters. The Morgan fingerprint density at radius 2 is 1.76 bits per heavy atom. The second-order valence-electron chi connectivity index (χ2n) is 7.74. The average Bonchev–Trinajstić information content (AvgIpc) is 3.17. The first-order valence-electron chi connectivity index (χ1n) is 10.4. The number of amides is 4. The third-order valence-corrected chi connectivity index (χ3v) is 4.98. The van der Waals surface area contributed by atoms with Gasteiger partial charge in [-0.3, -0.25) is 19.2 Å². The van der Waals surface area contributed by atoms with Gasteiger partial charge in [0.15, 0.2) is 6.04 Å². The molecule has 4 atom stereocenters. The number of hydrogen-bond acceptors (Lipinski definition) is 7. The number of aliphatic hydroxyl groups excluding tert-OH is 1. The van der Waals surface area contributed by atoms with E-state index in [9.17, 15) is 29.1 Å². The number of nitrogens with one attached hydrogen (secondary N) is 4. The zero-order valence-electron chi connectivity index (χ0n) is 18.4. The van der Waals surface area contributed by atoms with Crippen molar-refractivity contribution in [1.82, 2.24) is 20.9 Å². The Labute approximate surface area is 194 Å². The maximum atomic E-state index is 12.6. The van der Waals surface area contributed by atoms with Gasteiger partial charge in [0.05, 0.1) is 25.1 Å². The normalized spacial score (nSPS) is 14.4. The summed E-state index contributed by atoms with van der Waals surface area (Å²) in [5.41, 5.74) is 12.8. The summed E-state index contributed by atoms with van der Waals surface area (Å²) >= 11 is 0. The zero-order chi connectivity index (χ0) is 25.4. The number of benzene rings is 1. The first-order chi connectivity index (χ1) is 16.0. The summed E-state index contributed by atoms with van der Waals surface area (Å²) in [5.74, 6) is -4.85. The highest BCUT2D eigenvalue weighted by molar-refractivity contribution is 5.95. The Kier molecular flexibility index (Phi) is 9.10. The molecule has 0 aliphatic rings. The highest BCUT2D eigenvalue weighted by Gasteiger charge is 2.28. The molecule has 184 valence electrons. The van der Waals surface area contributed by atoms with Crippen molar-refractivity contribution in [3.05, 3.63) is 36.0 Å². The molecule has 2 rings (SSSR count). The van der Waals surface area contributed by atoms with E-state index in [1.807, 2.05) is 29.6 Å². The predicted molar refractivity (Wildman–Crippen MR) is 120 cm³/mol. The van der Waals surface area contributed by atoms with E-state index in [2.05, 4.69) is 15.6 Å².